The normalized spacial score (nSPS) is 9.96. The number of anilines is 1. The molecule has 1 aromatic carbocycles. The highest BCUT2D eigenvalue weighted by atomic mass is 32.1. The van der Waals surface area contributed by atoms with Gasteiger partial charge in [-0.1, -0.05) is 0 Å². The van der Waals surface area contributed by atoms with Gasteiger partial charge < -0.3 is 10.1 Å². The molecular formula is C16H13N3O5S. The van der Waals surface area contributed by atoms with Crippen LogP contribution in [0.2, 0.25) is 0 Å². The summed E-state index contributed by atoms with van der Waals surface area (Å²) in [5.74, 6) is -0.388. The number of hydrogen-bond acceptors (Lipinski definition) is 7. The van der Waals surface area contributed by atoms with Crippen LogP contribution in [0.1, 0.15) is 27.7 Å². The molecule has 1 aromatic heterocycles. The van der Waals surface area contributed by atoms with Crippen LogP contribution in [-0.2, 0) is 4.79 Å². The number of hydrogen-bond donors (Lipinski definition) is 1. The Bertz CT molecular complexity index is 880. The minimum Gasteiger partial charge on any atom is -0.484 e. The number of nitro benzene ring substituents is 1. The molecule has 8 nitrogen and oxygen atoms in total. The molecule has 2 aromatic rings. The first-order valence-electron chi connectivity index (χ1n) is 7.05. The first-order valence-corrected chi connectivity index (χ1v) is 7.86. The van der Waals surface area contributed by atoms with E-state index in [1.165, 1.54) is 31.2 Å². The molecule has 0 aliphatic rings. The van der Waals surface area contributed by atoms with Crippen molar-refractivity contribution in [3.8, 4) is 11.8 Å². The number of rotatable bonds is 6. The van der Waals surface area contributed by atoms with Gasteiger partial charge in [-0.2, -0.15) is 5.26 Å². The minimum absolute atomic E-state index is 0.0821. The number of benzene rings is 1. The molecule has 0 spiro atoms. The van der Waals surface area contributed by atoms with Crippen molar-refractivity contribution < 1.29 is 19.2 Å². The van der Waals surface area contributed by atoms with Crippen molar-refractivity contribution in [2.45, 2.75) is 13.8 Å². The van der Waals surface area contributed by atoms with E-state index in [0.29, 0.717) is 21.2 Å². The third-order valence-corrected chi connectivity index (χ3v) is 4.56. The predicted molar refractivity (Wildman–Crippen MR) is 91.0 cm³/mol. The lowest BCUT2D eigenvalue weighted by Crippen LogP contribution is -2.20. The van der Waals surface area contributed by atoms with E-state index in [-0.39, 0.29) is 23.6 Å². The summed E-state index contributed by atoms with van der Waals surface area (Å²) in [6.45, 7) is 2.70. The molecule has 0 saturated carbocycles. The number of carbonyl (C=O) groups excluding carboxylic acids is 2. The van der Waals surface area contributed by atoms with Crippen molar-refractivity contribution in [1.82, 2.24) is 0 Å². The lowest BCUT2D eigenvalue weighted by Gasteiger charge is -2.06. The zero-order valence-corrected chi connectivity index (χ0v) is 14.2. The predicted octanol–water partition coefficient (Wildman–Crippen LogP) is 3.06. The van der Waals surface area contributed by atoms with E-state index in [0.717, 1.165) is 11.3 Å². The molecule has 2 rings (SSSR count). The van der Waals surface area contributed by atoms with Crippen LogP contribution in [0.5, 0.6) is 5.75 Å². The van der Waals surface area contributed by atoms with E-state index < -0.39 is 10.8 Å². The van der Waals surface area contributed by atoms with E-state index in [1.54, 1.807) is 6.92 Å². The summed E-state index contributed by atoms with van der Waals surface area (Å²) in [5.41, 5.74) is 0.701. The Kier molecular flexibility index (Phi) is 5.46. The molecule has 0 radical (unpaired) electrons. The second-order valence-electron chi connectivity index (χ2n) is 5.02. The molecule has 0 aliphatic heterocycles. The molecule has 1 heterocycles. The number of non-ortho nitro benzene ring substituents is 1. The molecule has 0 unspecified atom stereocenters. The van der Waals surface area contributed by atoms with Crippen LogP contribution < -0.4 is 10.1 Å². The summed E-state index contributed by atoms with van der Waals surface area (Å²) in [6.07, 6.45) is 0. The Morgan fingerprint density at radius 3 is 2.52 bits per heavy atom. The summed E-state index contributed by atoms with van der Waals surface area (Å²) in [4.78, 5) is 34.0. The Hall–Kier alpha value is -3.25. The standard InChI is InChI=1S/C16H13N3O5S/c1-9-13(7-17)16(25-15(9)10(2)20)18-14(21)8-24-12-5-3-11(4-6-12)19(22)23/h3-6H,8H2,1-2H3,(H,18,21). The van der Waals surface area contributed by atoms with Crippen LogP contribution >= 0.6 is 11.3 Å². The number of Topliss-reactive ketones (excluding diaryl/α,β-unsaturated/α-hetero) is 1. The van der Waals surface area contributed by atoms with Crippen LogP contribution in [-0.4, -0.2) is 23.2 Å². The van der Waals surface area contributed by atoms with Gasteiger partial charge in [-0.3, -0.25) is 19.7 Å². The van der Waals surface area contributed by atoms with Gasteiger partial charge in [0.15, 0.2) is 12.4 Å². The molecular weight excluding hydrogens is 346 g/mol. The topological polar surface area (TPSA) is 122 Å². The lowest BCUT2D eigenvalue weighted by atomic mass is 10.1. The number of ketones is 1. The Morgan fingerprint density at radius 2 is 2.00 bits per heavy atom. The van der Waals surface area contributed by atoms with Crippen LogP contribution in [0.25, 0.3) is 0 Å². The van der Waals surface area contributed by atoms with Crippen molar-refractivity contribution >= 4 is 33.7 Å². The van der Waals surface area contributed by atoms with Crippen molar-refractivity contribution in [2.75, 3.05) is 11.9 Å². The molecule has 9 heteroatoms. The van der Waals surface area contributed by atoms with Gasteiger partial charge in [0, 0.05) is 12.1 Å². The summed E-state index contributed by atoms with van der Waals surface area (Å²) >= 11 is 1.04. The van der Waals surface area contributed by atoms with Gasteiger partial charge >= 0.3 is 0 Å². The van der Waals surface area contributed by atoms with Crippen LogP contribution in [0.4, 0.5) is 10.7 Å². The highest BCUT2D eigenvalue weighted by Gasteiger charge is 2.19. The van der Waals surface area contributed by atoms with Crippen molar-refractivity contribution in [2.24, 2.45) is 0 Å². The van der Waals surface area contributed by atoms with Crippen LogP contribution in [0.3, 0.4) is 0 Å². The molecule has 0 saturated heterocycles. The van der Waals surface area contributed by atoms with Gasteiger partial charge in [0.05, 0.1) is 15.4 Å². The number of ether oxygens (including phenoxy) is 1. The second kappa shape index (κ2) is 7.55. The highest BCUT2D eigenvalue weighted by molar-refractivity contribution is 7.18. The van der Waals surface area contributed by atoms with Gasteiger partial charge in [-0.05, 0) is 31.5 Å². The fraction of sp³-hybridized carbons (Fsp3) is 0.188. The SMILES string of the molecule is CC(=O)c1sc(NC(=O)COc2ccc([N+](=O)[O-])cc2)c(C#N)c1C. The van der Waals surface area contributed by atoms with E-state index in [4.69, 9.17) is 4.74 Å². The van der Waals surface area contributed by atoms with Gasteiger partial charge in [0.1, 0.15) is 16.8 Å². The van der Waals surface area contributed by atoms with Crippen molar-refractivity contribution in [3.05, 3.63) is 50.4 Å². The summed E-state index contributed by atoms with van der Waals surface area (Å²) in [5, 5.41) is 22.6. The maximum Gasteiger partial charge on any atom is 0.269 e. The maximum atomic E-state index is 12.0. The minimum atomic E-state index is -0.536. The molecule has 128 valence electrons. The monoisotopic (exact) mass is 359 g/mol. The second-order valence-corrected chi connectivity index (χ2v) is 6.04. The van der Waals surface area contributed by atoms with Gasteiger partial charge in [-0.15, -0.1) is 11.3 Å². The summed E-state index contributed by atoms with van der Waals surface area (Å²) in [7, 11) is 0. The molecule has 1 N–H and O–H groups in total. The highest BCUT2D eigenvalue weighted by Crippen LogP contribution is 2.32. The molecule has 25 heavy (non-hydrogen) atoms. The first kappa shape index (κ1) is 18.1. The summed E-state index contributed by atoms with van der Waals surface area (Å²) in [6, 6.07) is 7.28. The zero-order chi connectivity index (χ0) is 18.6. The number of carbonyl (C=O) groups is 2. The van der Waals surface area contributed by atoms with Gasteiger partial charge in [0.2, 0.25) is 0 Å². The van der Waals surface area contributed by atoms with Crippen molar-refractivity contribution in [3.63, 3.8) is 0 Å². The van der Waals surface area contributed by atoms with E-state index >= 15 is 0 Å². The molecule has 0 atom stereocenters. The molecule has 0 fully saturated rings. The molecule has 0 bridgehead atoms. The first-order chi connectivity index (χ1) is 11.8. The Labute approximate surface area is 146 Å². The van der Waals surface area contributed by atoms with Crippen LogP contribution in [0.15, 0.2) is 24.3 Å². The van der Waals surface area contributed by atoms with Crippen LogP contribution in [0, 0.1) is 28.4 Å². The maximum absolute atomic E-state index is 12.0. The average molecular weight is 359 g/mol. The van der Waals surface area contributed by atoms with E-state index in [2.05, 4.69) is 5.32 Å². The van der Waals surface area contributed by atoms with Gasteiger partial charge in [-0.25, -0.2) is 0 Å². The number of nitrogens with one attached hydrogen (secondary N) is 1. The number of nitriles is 1. The van der Waals surface area contributed by atoms with Crippen molar-refractivity contribution in [1.29, 1.82) is 5.26 Å². The Balaban J connectivity index is 2.03. The fourth-order valence-electron chi connectivity index (χ4n) is 2.05. The fourth-order valence-corrected chi connectivity index (χ4v) is 3.12. The zero-order valence-electron chi connectivity index (χ0n) is 13.4. The number of amides is 1. The molecule has 0 aliphatic carbocycles. The van der Waals surface area contributed by atoms with E-state index in [9.17, 15) is 25.0 Å². The third kappa shape index (κ3) is 4.19. The Morgan fingerprint density at radius 1 is 1.36 bits per heavy atom. The third-order valence-electron chi connectivity index (χ3n) is 3.25. The largest absolute Gasteiger partial charge is 0.484 e. The lowest BCUT2D eigenvalue weighted by molar-refractivity contribution is -0.384. The van der Waals surface area contributed by atoms with E-state index in [1.807, 2.05) is 6.07 Å². The quantitative estimate of drug-likeness (QED) is 0.480. The summed E-state index contributed by atoms with van der Waals surface area (Å²) < 4.78 is 5.25. The number of nitro groups is 1. The average Bonchev–Trinajstić information content (AvgIpc) is 2.89. The molecule has 1 amide bonds. The van der Waals surface area contributed by atoms with Gasteiger partial charge in [0.25, 0.3) is 11.6 Å². The number of nitrogens with zero attached hydrogens (tertiary/aromatic N) is 2. The number of thiophene rings is 1. The smallest absolute Gasteiger partial charge is 0.269 e.